The molecule has 1 aliphatic heterocycles. The van der Waals surface area contributed by atoms with E-state index in [-0.39, 0.29) is 30.2 Å². The first-order chi connectivity index (χ1) is 20.4. The van der Waals surface area contributed by atoms with Crippen molar-refractivity contribution in [2.75, 3.05) is 11.4 Å². The molecule has 6 heteroatoms. The van der Waals surface area contributed by atoms with Crippen molar-refractivity contribution in [2.45, 2.75) is 65.1 Å². The van der Waals surface area contributed by atoms with Gasteiger partial charge in [-0.05, 0) is 60.9 Å². The highest BCUT2D eigenvalue weighted by atomic mass is 16.2. The molecule has 216 valence electrons. The molecule has 0 unspecified atom stereocenters. The molecule has 5 rings (SSSR count). The summed E-state index contributed by atoms with van der Waals surface area (Å²) in [4.78, 5) is 44.6. The first-order valence-corrected chi connectivity index (χ1v) is 14.9. The highest BCUT2D eigenvalue weighted by Gasteiger charge is 2.32. The van der Waals surface area contributed by atoms with Crippen molar-refractivity contribution in [3.05, 3.63) is 113 Å². The van der Waals surface area contributed by atoms with Gasteiger partial charge in [-0.1, -0.05) is 85.8 Å². The quantitative estimate of drug-likeness (QED) is 0.216. The Morgan fingerprint density at radius 1 is 0.905 bits per heavy atom. The molecule has 42 heavy (non-hydrogen) atoms. The molecule has 0 saturated heterocycles. The molecule has 0 saturated carbocycles. The lowest BCUT2D eigenvalue weighted by atomic mass is 10.0. The average molecular weight is 562 g/mol. The maximum absolute atomic E-state index is 14.1. The van der Waals surface area contributed by atoms with E-state index in [2.05, 4.69) is 5.32 Å². The van der Waals surface area contributed by atoms with Crippen molar-refractivity contribution >= 4 is 34.2 Å². The molecule has 1 aliphatic rings. The van der Waals surface area contributed by atoms with E-state index >= 15 is 0 Å². The maximum atomic E-state index is 14.1. The van der Waals surface area contributed by atoms with Crippen molar-refractivity contribution in [3.63, 3.8) is 0 Å². The van der Waals surface area contributed by atoms with Crippen LogP contribution in [0.3, 0.4) is 0 Å². The Hall–Kier alpha value is -4.45. The third kappa shape index (κ3) is 6.23. The van der Waals surface area contributed by atoms with Gasteiger partial charge in [0.2, 0.25) is 11.8 Å². The monoisotopic (exact) mass is 561 g/mol. The van der Waals surface area contributed by atoms with Crippen LogP contribution < -0.4 is 10.2 Å². The Labute approximate surface area is 248 Å². The summed E-state index contributed by atoms with van der Waals surface area (Å²) in [5, 5.41) is 5.14. The van der Waals surface area contributed by atoms with Gasteiger partial charge in [-0.15, -0.1) is 0 Å². The zero-order chi connectivity index (χ0) is 29.6. The molecule has 2 atom stereocenters. The number of hydrogen-bond acceptors (Lipinski definition) is 3. The SMILES string of the molecule is CC[C@H](C)NC(=O)[C@@H](Cc1ccccc1)N(Cc1ccccc1C)C(=O)CCCN1C(=O)c2cccc3cccc1c23. The van der Waals surface area contributed by atoms with Gasteiger partial charge in [-0.2, -0.15) is 0 Å². The number of anilines is 1. The molecular weight excluding hydrogens is 522 g/mol. The molecule has 0 fully saturated rings. The molecule has 4 aromatic rings. The van der Waals surface area contributed by atoms with Crippen LogP contribution in [0.4, 0.5) is 5.69 Å². The molecule has 6 nitrogen and oxygen atoms in total. The third-order valence-corrected chi connectivity index (χ3v) is 8.30. The summed E-state index contributed by atoms with van der Waals surface area (Å²) in [6.45, 7) is 6.81. The predicted octanol–water partition coefficient (Wildman–Crippen LogP) is 6.44. The lowest BCUT2D eigenvalue weighted by molar-refractivity contribution is -0.141. The number of rotatable bonds is 12. The lowest BCUT2D eigenvalue weighted by Gasteiger charge is -2.33. The molecule has 3 amide bonds. The van der Waals surface area contributed by atoms with E-state index in [4.69, 9.17) is 0 Å². The van der Waals surface area contributed by atoms with Crippen LogP contribution in [-0.2, 0) is 22.6 Å². The average Bonchev–Trinajstić information content (AvgIpc) is 3.28. The number of aryl methyl sites for hydroxylation is 1. The molecular formula is C36H39N3O3. The Kier molecular flexibility index (Phi) is 9.01. The largest absolute Gasteiger partial charge is 0.352 e. The van der Waals surface area contributed by atoms with Crippen molar-refractivity contribution in [1.29, 1.82) is 0 Å². The number of hydrogen-bond donors (Lipinski definition) is 1. The Morgan fingerprint density at radius 2 is 1.62 bits per heavy atom. The van der Waals surface area contributed by atoms with Gasteiger partial charge in [0.05, 0.1) is 5.69 Å². The molecule has 4 aromatic carbocycles. The van der Waals surface area contributed by atoms with E-state index in [0.717, 1.165) is 39.6 Å². The third-order valence-electron chi connectivity index (χ3n) is 8.30. The van der Waals surface area contributed by atoms with Crippen molar-refractivity contribution in [1.82, 2.24) is 10.2 Å². The van der Waals surface area contributed by atoms with E-state index in [9.17, 15) is 14.4 Å². The lowest BCUT2D eigenvalue weighted by Crippen LogP contribution is -2.52. The fraction of sp³-hybridized carbons (Fsp3) is 0.306. The molecule has 0 aliphatic carbocycles. The number of nitrogens with zero attached hydrogens (tertiary/aromatic N) is 2. The summed E-state index contributed by atoms with van der Waals surface area (Å²) in [6.07, 6.45) is 1.94. The first-order valence-electron chi connectivity index (χ1n) is 14.9. The predicted molar refractivity (Wildman–Crippen MR) is 168 cm³/mol. The van der Waals surface area contributed by atoms with Gasteiger partial charge < -0.3 is 15.1 Å². The Bertz CT molecular complexity index is 1580. The van der Waals surface area contributed by atoms with E-state index in [1.807, 2.05) is 112 Å². The van der Waals surface area contributed by atoms with E-state index in [1.54, 1.807) is 9.80 Å². The highest BCUT2D eigenvalue weighted by molar-refractivity contribution is 6.25. The number of amides is 3. The van der Waals surface area contributed by atoms with Crippen LogP contribution in [0.5, 0.6) is 0 Å². The number of nitrogens with one attached hydrogen (secondary N) is 1. The summed E-state index contributed by atoms with van der Waals surface area (Å²) < 4.78 is 0. The second-order valence-electron chi connectivity index (χ2n) is 11.2. The van der Waals surface area contributed by atoms with Crippen LogP contribution in [-0.4, -0.2) is 41.2 Å². The van der Waals surface area contributed by atoms with Gasteiger partial charge in [-0.25, -0.2) is 0 Å². The second kappa shape index (κ2) is 13.0. The Morgan fingerprint density at radius 3 is 2.36 bits per heavy atom. The summed E-state index contributed by atoms with van der Waals surface area (Å²) in [5.74, 6) is -0.270. The van der Waals surface area contributed by atoms with Crippen LogP contribution >= 0.6 is 0 Å². The summed E-state index contributed by atoms with van der Waals surface area (Å²) in [5.41, 5.74) is 4.69. The van der Waals surface area contributed by atoms with E-state index in [1.165, 1.54) is 0 Å². The van der Waals surface area contributed by atoms with Crippen LogP contribution in [0, 0.1) is 6.92 Å². The van der Waals surface area contributed by atoms with Gasteiger partial charge in [-0.3, -0.25) is 14.4 Å². The number of carbonyl (C=O) groups is 3. The zero-order valence-electron chi connectivity index (χ0n) is 24.7. The number of carbonyl (C=O) groups excluding carboxylic acids is 3. The van der Waals surface area contributed by atoms with Crippen LogP contribution in [0.15, 0.2) is 91.0 Å². The molecule has 0 aromatic heterocycles. The maximum Gasteiger partial charge on any atom is 0.258 e. The zero-order valence-corrected chi connectivity index (χ0v) is 24.7. The van der Waals surface area contributed by atoms with Crippen molar-refractivity contribution in [3.8, 4) is 0 Å². The molecule has 0 bridgehead atoms. The van der Waals surface area contributed by atoms with Crippen LogP contribution in [0.1, 0.15) is 60.2 Å². The Balaban J connectivity index is 1.38. The molecule has 0 spiro atoms. The van der Waals surface area contributed by atoms with Crippen molar-refractivity contribution in [2.24, 2.45) is 0 Å². The standard InChI is InChI=1S/C36H39N3O3/c1-4-26(3)37-35(41)32(23-27-14-6-5-7-15-27)39(24-29-16-9-8-13-25(29)2)33(40)21-12-22-38-31-20-11-18-28-17-10-19-30(34(28)31)36(38)42/h5-11,13-20,26,32H,4,12,21-24H2,1-3H3,(H,37,41)/t26-,32+/m0/s1. The van der Waals surface area contributed by atoms with Crippen LogP contribution in [0.2, 0.25) is 0 Å². The van der Waals surface area contributed by atoms with Gasteiger partial charge >= 0.3 is 0 Å². The number of benzene rings is 4. The van der Waals surface area contributed by atoms with E-state index in [0.29, 0.717) is 31.5 Å². The van der Waals surface area contributed by atoms with Gasteiger partial charge in [0, 0.05) is 42.9 Å². The molecule has 1 N–H and O–H groups in total. The minimum absolute atomic E-state index is 0.00305. The topological polar surface area (TPSA) is 69.7 Å². The highest BCUT2D eigenvalue weighted by Crippen LogP contribution is 2.37. The minimum Gasteiger partial charge on any atom is -0.352 e. The van der Waals surface area contributed by atoms with Crippen molar-refractivity contribution < 1.29 is 14.4 Å². The summed E-state index contributed by atoms with van der Waals surface area (Å²) in [6, 6.07) is 28.9. The molecule has 0 radical (unpaired) electrons. The smallest absolute Gasteiger partial charge is 0.258 e. The van der Waals surface area contributed by atoms with E-state index < -0.39 is 6.04 Å². The molecule has 1 heterocycles. The van der Waals surface area contributed by atoms with Gasteiger partial charge in [0.1, 0.15) is 6.04 Å². The summed E-state index contributed by atoms with van der Waals surface area (Å²) >= 11 is 0. The van der Waals surface area contributed by atoms with Crippen LogP contribution in [0.25, 0.3) is 10.8 Å². The van der Waals surface area contributed by atoms with Gasteiger partial charge in [0.15, 0.2) is 0 Å². The minimum atomic E-state index is -0.667. The fourth-order valence-electron chi connectivity index (χ4n) is 5.70. The first kappa shape index (κ1) is 29.1. The second-order valence-corrected chi connectivity index (χ2v) is 11.2. The fourth-order valence-corrected chi connectivity index (χ4v) is 5.70. The normalized spacial score (nSPS) is 13.7. The summed E-state index contributed by atoms with van der Waals surface area (Å²) in [7, 11) is 0. The van der Waals surface area contributed by atoms with Gasteiger partial charge in [0.25, 0.3) is 5.91 Å².